The van der Waals surface area contributed by atoms with Crippen LogP contribution in [0.1, 0.15) is 33.6 Å². The molecule has 0 radical (unpaired) electrons. The lowest BCUT2D eigenvalue weighted by Crippen LogP contribution is -2.50. The summed E-state index contributed by atoms with van der Waals surface area (Å²) in [5.74, 6) is 0.0822. The van der Waals surface area contributed by atoms with Gasteiger partial charge >= 0.3 is 12.0 Å². The van der Waals surface area contributed by atoms with E-state index in [1.165, 1.54) is 16.7 Å². The second kappa shape index (κ2) is 6.87. The lowest BCUT2D eigenvalue weighted by atomic mass is 10.1. The zero-order valence-electron chi connectivity index (χ0n) is 11.2. The van der Waals surface area contributed by atoms with Crippen LogP contribution in [0.3, 0.4) is 0 Å². The fourth-order valence-corrected chi connectivity index (χ4v) is 3.25. The van der Waals surface area contributed by atoms with E-state index < -0.39 is 12.0 Å². The Hall–Kier alpha value is -0.910. The van der Waals surface area contributed by atoms with Gasteiger partial charge in [-0.15, -0.1) is 11.8 Å². The first kappa shape index (κ1) is 15.1. The number of hydrogen-bond acceptors (Lipinski definition) is 3. The van der Waals surface area contributed by atoms with Crippen molar-refractivity contribution >= 4 is 23.8 Å². The highest BCUT2D eigenvalue weighted by Crippen LogP contribution is 2.31. The number of nitrogens with zero attached hydrogens (tertiary/aromatic N) is 1. The summed E-state index contributed by atoms with van der Waals surface area (Å²) in [7, 11) is 0. The summed E-state index contributed by atoms with van der Waals surface area (Å²) in [6, 6.07) is -0.945. The Balaban J connectivity index is 2.58. The molecule has 1 aliphatic heterocycles. The average Bonchev–Trinajstić information content (AvgIpc) is 2.71. The highest BCUT2D eigenvalue weighted by molar-refractivity contribution is 8.00. The first-order valence-electron chi connectivity index (χ1n) is 6.38. The van der Waals surface area contributed by atoms with Crippen LogP contribution in [-0.2, 0) is 4.79 Å². The van der Waals surface area contributed by atoms with Gasteiger partial charge in [0, 0.05) is 12.3 Å². The third-order valence-corrected chi connectivity index (χ3v) is 4.41. The molecule has 1 heterocycles. The summed E-state index contributed by atoms with van der Waals surface area (Å²) in [5.41, 5.74) is 0. The molecule has 0 aromatic carbocycles. The normalized spacial score (nSPS) is 23.4. The Bertz CT molecular complexity index is 310. The van der Waals surface area contributed by atoms with E-state index in [1.807, 2.05) is 6.92 Å². The van der Waals surface area contributed by atoms with Crippen molar-refractivity contribution in [2.75, 3.05) is 12.3 Å². The van der Waals surface area contributed by atoms with Crippen molar-refractivity contribution in [3.8, 4) is 0 Å². The summed E-state index contributed by atoms with van der Waals surface area (Å²) in [5, 5.41) is 11.9. The van der Waals surface area contributed by atoms with E-state index in [1.54, 1.807) is 0 Å². The van der Waals surface area contributed by atoms with Crippen molar-refractivity contribution in [1.82, 2.24) is 10.2 Å². The number of urea groups is 1. The summed E-state index contributed by atoms with van der Waals surface area (Å²) >= 11 is 1.54. The van der Waals surface area contributed by atoms with E-state index in [0.29, 0.717) is 18.2 Å². The van der Waals surface area contributed by atoms with Gasteiger partial charge in [0.25, 0.3) is 0 Å². The first-order chi connectivity index (χ1) is 8.47. The van der Waals surface area contributed by atoms with Crippen LogP contribution < -0.4 is 5.32 Å². The van der Waals surface area contributed by atoms with Crippen LogP contribution in [0.15, 0.2) is 0 Å². The molecule has 0 spiro atoms. The largest absolute Gasteiger partial charge is 0.480 e. The van der Waals surface area contributed by atoms with Gasteiger partial charge in [-0.05, 0) is 18.8 Å². The van der Waals surface area contributed by atoms with Gasteiger partial charge in [-0.2, -0.15) is 0 Å². The number of nitrogens with one attached hydrogen (secondary N) is 1. The van der Waals surface area contributed by atoms with Gasteiger partial charge in [-0.25, -0.2) is 9.59 Å². The van der Waals surface area contributed by atoms with E-state index in [2.05, 4.69) is 19.2 Å². The molecule has 18 heavy (non-hydrogen) atoms. The quantitative estimate of drug-likeness (QED) is 0.804. The van der Waals surface area contributed by atoms with Gasteiger partial charge < -0.3 is 10.4 Å². The number of rotatable bonds is 5. The zero-order chi connectivity index (χ0) is 13.7. The fraction of sp³-hybridized carbons (Fsp3) is 0.833. The zero-order valence-corrected chi connectivity index (χ0v) is 12.0. The molecule has 2 N–H and O–H groups in total. The number of carboxylic acids is 1. The van der Waals surface area contributed by atoms with Gasteiger partial charge in [-0.1, -0.05) is 20.8 Å². The Morgan fingerprint density at radius 2 is 2.17 bits per heavy atom. The van der Waals surface area contributed by atoms with Crippen molar-refractivity contribution < 1.29 is 14.7 Å². The van der Waals surface area contributed by atoms with Gasteiger partial charge in [0.05, 0.1) is 5.37 Å². The Kier molecular flexibility index (Phi) is 5.78. The van der Waals surface area contributed by atoms with Crippen LogP contribution in [0.25, 0.3) is 0 Å². The SMILES string of the molecule is CCC1SCC(C(=O)O)N1C(=O)NCCC(C)C. The van der Waals surface area contributed by atoms with Crippen LogP contribution in [0.5, 0.6) is 0 Å². The molecule has 104 valence electrons. The van der Waals surface area contributed by atoms with Crippen molar-refractivity contribution in [3.05, 3.63) is 0 Å². The van der Waals surface area contributed by atoms with Crippen LogP contribution in [-0.4, -0.2) is 45.7 Å². The van der Waals surface area contributed by atoms with E-state index in [-0.39, 0.29) is 11.4 Å². The molecule has 1 aliphatic rings. The number of amides is 2. The number of hydrogen-bond donors (Lipinski definition) is 2. The smallest absolute Gasteiger partial charge is 0.327 e. The highest BCUT2D eigenvalue weighted by atomic mass is 32.2. The second-order valence-electron chi connectivity index (χ2n) is 4.87. The monoisotopic (exact) mass is 274 g/mol. The second-order valence-corrected chi connectivity index (χ2v) is 6.08. The molecule has 2 unspecified atom stereocenters. The number of carboxylic acid groups (broad SMARTS) is 1. The number of aliphatic carboxylic acids is 1. The minimum absolute atomic E-state index is 0.0230. The molecular weight excluding hydrogens is 252 g/mol. The van der Waals surface area contributed by atoms with E-state index in [0.717, 1.165) is 12.8 Å². The van der Waals surface area contributed by atoms with E-state index in [9.17, 15) is 9.59 Å². The number of carbonyl (C=O) groups is 2. The van der Waals surface area contributed by atoms with Crippen LogP contribution in [0, 0.1) is 5.92 Å². The van der Waals surface area contributed by atoms with Crippen molar-refractivity contribution in [1.29, 1.82) is 0 Å². The van der Waals surface area contributed by atoms with Gasteiger partial charge in [0.15, 0.2) is 0 Å². The third-order valence-electron chi connectivity index (χ3n) is 2.96. The molecule has 1 rings (SSSR count). The van der Waals surface area contributed by atoms with Gasteiger partial charge in [0.1, 0.15) is 6.04 Å². The summed E-state index contributed by atoms with van der Waals surface area (Å²) < 4.78 is 0. The average molecular weight is 274 g/mol. The van der Waals surface area contributed by atoms with Crippen molar-refractivity contribution in [2.24, 2.45) is 5.92 Å². The van der Waals surface area contributed by atoms with E-state index in [4.69, 9.17) is 5.11 Å². The van der Waals surface area contributed by atoms with Gasteiger partial charge in [0.2, 0.25) is 0 Å². The molecule has 0 saturated carbocycles. The molecule has 2 atom stereocenters. The topological polar surface area (TPSA) is 69.6 Å². The maximum Gasteiger partial charge on any atom is 0.327 e. The van der Waals surface area contributed by atoms with Crippen LogP contribution >= 0.6 is 11.8 Å². The Morgan fingerprint density at radius 3 is 2.67 bits per heavy atom. The lowest BCUT2D eigenvalue weighted by Gasteiger charge is -2.26. The Morgan fingerprint density at radius 1 is 1.50 bits per heavy atom. The molecule has 0 bridgehead atoms. The van der Waals surface area contributed by atoms with Crippen LogP contribution in [0.2, 0.25) is 0 Å². The summed E-state index contributed by atoms with van der Waals surface area (Å²) in [4.78, 5) is 24.7. The molecule has 0 aliphatic carbocycles. The maximum atomic E-state index is 12.0. The molecule has 1 saturated heterocycles. The minimum atomic E-state index is -0.919. The molecule has 1 fully saturated rings. The minimum Gasteiger partial charge on any atom is -0.480 e. The predicted octanol–water partition coefficient (Wildman–Crippen LogP) is 1.98. The molecule has 0 aromatic heterocycles. The maximum absolute atomic E-state index is 12.0. The van der Waals surface area contributed by atoms with E-state index >= 15 is 0 Å². The molecule has 0 aromatic rings. The number of carbonyl (C=O) groups excluding carboxylic acids is 1. The molecular formula is C12H22N2O3S. The van der Waals surface area contributed by atoms with Crippen molar-refractivity contribution in [3.63, 3.8) is 0 Å². The first-order valence-corrected chi connectivity index (χ1v) is 7.42. The van der Waals surface area contributed by atoms with Gasteiger partial charge in [-0.3, -0.25) is 4.90 Å². The predicted molar refractivity (Wildman–Crippen MR) is 72.7 cm³/mol. The molecule has 5 nitrogen and oxygen atoms in total. The summed E-state index contributed by atoms with van der Waals surface area (Å²) in [6.07, 6.45) is 1.67. The Labute approximate surface area is 112 Å². The van der Waals surface area contributed by atoms with Crippen molar-refractivity contribution in [2.45, 2.75) is 45.0 Å². The molecule has 6 heteroatoms. The lowest BCUT2D eigenvalue weighted by molar-refractivity contribution is -0.141. The number of thioether (sulfide) groups is 1. The fourth-order valence-electron chi connectivity index (χ4n) is 1.90. The standard InChI is InChI=1S/C12H22N2O3S/c1-4-10-14(9(7-18-10)11(15)16)12(17)13-6-5-8(2)3/h8-10H,4-7H2,1-3H3,(H,13,17)(H,15,16). The highest BCUT2D eigenvalue weighted by Gasteiger charge is 2.40. The summed E-state index contributed by atoms with van der Waals surface area (Å²) in [6.45, 7) is 6.75. The van der Waals surface area contributed by atoms with Crippen LogP contribution in [0.4, 0.5) is 4.79 Å². The molecule has 2 amide bonds. The third kappa shape index (κ3) is 3.80.